The summed E-state index contributed by atoms with van der Waals surface area (Å²) in [6.45, 7) is -0.110. The van der Waals surface area contributed by atoms with Crippen LogP contribution in [-0.4, -0.2) is 35.7 Å². The third-order valence-corrected chi connectivity index (χ3v) is 4.79. The van der Waals surface area contributed by atoms with Crippen molar-refractivity contribution in [3.05, 3.63) is 70.4 Å². The molecule has 1 aliphatic heterocycles. The molecule has 2 aromatic carbocycles. The molecule has 0 bridgehead atoms. The van der Waals surface area contributed by atoms with Gasteiger partial charge in [-0.3, -0.25) is 19.3 Å². The number of rotatable bonds is 6. The Morgan fingerprint density at radius 3 is 2.43 bits per heavy atom. The number of hydrogen-bond acceptors (Lipinski definition) is 6. The highest BCUT2D eigenvalue weighted by molar-refractivity contribution is 8.18. The molecule has 2 amide bonds. The summed E-state index contributed by atoms with van der Waals surface area (Å²) in [7, 11) is 1.19. The highest BCUT2D eigenvalue weighted by Crippen LogP contribution is 2.32. The highest BCUT2D eigenvalue weighted by Gasteiger charge is 2.36. The Bertz CT molecular complexity index is 925. The maximum absolute atomic E-state index is 12.9. The first-order chi connectivity index (χ1) is 13.5. The quantitative estimate of drug-likeness (QED) is 0.544. The molecule has 0 spiro atoms. The zero-order valence-corrected chi connectivity index (χ0v) is 15.7. The fourth-order valence-electron chi connectivity index (χ4n) is 2.39. The van der Waals surface area contributed by atoms with Crippen LogP contribution in [0, 0.1) is 5.82 Å². The second-order valence-corrected chi connectivity index (χ2v) is 6.82. The number of methoxy groups -OCH3 is 1. The molecule has 28 heavy (non-hydrogen) atoms. The Morgan fingerprint density at radius 1 is 1.11 bits per heavy atom. The number of esters is 1. The summed E-state index contributed by atoms with van der Waals surface area (Å²) in [5.41, 5.74) is 1.54. The molecule has 6 nitrogen and oxygen atoms in total. The van der Waals surface area contributed by atoms with Gasteiger partial charge in [0.25, 0.3) is 11.1 Å². The van der Waals surface area contributed by atoms with Crippen LogP contribution >= 0.6 is 11.8 Å². The molecule has 8 heteroatoms. The molecule has 1 saturated heterocycles. The fourth-order valence-corrected chi connectivity index (χ4v) is 3.23. The van der Waals surface area contributed by atoms with Crippen LogP contribution in [0.1, 0.15) is 11.1 Å². The number of halogens is 1. The average molecular weight is 401 g/mol. The molecule has 3 rings (SSSR count). The van der Waals surface area contributed by atoms with Gasteiger partial charge in [-0.2, -0.15) is 0 Å². The van der Waals surface area contributed by atoms with E-state index in [1.165, 1.54) is 19.2 Å². The molecule has 0 aliphatic carbocycles. The molecular weight excluding hydrogens is 385 g/mol. The second-order valence-electron chi connectivity index (χ2n) is 5.83. The summed E-state index contributed by atoms with van der Waals surface area (Å²) in [6, 6.07) is 13.0. The minimum Gasteiger partial charge on any atom is -0.489 e. The summed E-state index contributed by atoms with van der Waals surface area (Å²) >= 11 is 0.771. The van der Waals surface area contributed by atoms with Crippen LogP contribution < -0.4 is 4.74 Å². The molecule has 1 fully saturated rings. The van der Waals surface area contributed by atoms with Crippen molar-refractivity contribution >= 4 is 35.0 Å². The van der Waals surface area contributed by atoms with Gasteiger partial charge in [0.05, 0.1) is 12.0 Å². The zero-order chi connectivity index (χ0) is 20.1. The molecule has 2 aromatic rings. The van der Waals surface area contributed by atoms with Crippen molar-refractivity contribution in [1.29, 1.82) is 0 Å². The fraction of sp³-hybridized carbons (Fsp3) is 0.150. The van der Waals surface area contributed by atoms with E-state index in [0.29, 0.717) is 17.9 Å². The van der Waals surface area contributed by atoms with Crippen molar-refractivity contribution in [3.8, 4) is 5.75 Å². The van der Waals surface area contributed by atoms with E-state index >= 15 is 0 Å². The normalized spacial score (nSPS) is 15.2. The predicted octanol–water partition coefficient (Wildman–Crippen LogP) is 3.61. The molecule has 0 unspecified atom stereocenters. The Morgan fingerprint density at radius 2 is 1.79 bits per heavy atom. The summed E-state index contributed by atoms with van der Waals surface area (Å²) < 4.78 is 23.0. The van der Waals surface area contributed by atoms with Crippen LogP contribution in [0.5, 0.6) is 5.75 Å². The van der Waals surface area contributed by atoms with E-state index < -0.39 is 23.7 Å². The van der Waals surface area contributed by atoms with Crippen molar-refractivity contribution in [2.45, 2.75) is 6.61 Å². The average Bonchev–Trinajstić information content (AvgIpc) is 2.96. The van der Waals surface area contributed by atoms with Gasteiger partial charge in [0.1, 0.15) is 24.7 Å². The number of carbonyl (C=O) groups is 3. The van der Waals surface area contributed by atoms with E-state index in [4.69, 9.17) is 4.74 Å². The van der Waals surface area contributed by atoms with E-state index in [-0.39, 0.29) is 10.7 Å². The van der Waals surface area contributed by atoms with Gasteiger partial charge in [0.2, 0.25) is 0 Å². The lowest BCUT2D eigenvalue weighted by atomic mass is 10.2. The van der Waals surface area contributed by atoms with Crippen molar-refractivity contribution in [2.75, 3.05) is 13.7 Å². The number of amides is 2. The molecule has 0 aromatic heterocycles. The van der Waals surface area contributed by atoms with Crippen molar-refractivity contribution in [3.63, 3.8) is 0 Å². The summed E-state index contributed by atoms with van der Waals surface area (Å²) in [5.74, 6) is -0.882. The number of ether oxygens (including phenoxy) is 2. The highest BCUT2D eigenvalue weighted by atomic mass is 32.2. The van der Waals surface area contributed by atoms with E-state index in [0.717, 1.165) is 22.2 Å². The third-order valence-electron chi connectivity index (χ3n) is 3.89. The lowest BCUT2D eigenvalue weighted by Gasteiger charge is -2.09. The van der Waals surface area contributed by atoms with Crippen LogP contribution in [0.25, 0.3) is 6.08 Å². The van der Waals surface area contributed by atoms with Gasteiger partial charge in [0, 0.05) is 0 Å². The lowest BCUT2D eigenvalue weighted by molar-refractivity contribution is -0.143. The molecule has 1 aliphatic rings. The first-order valence-electron chi connectivity index (χ1n) is 8.26. The first kappa shape index (κ1) is 19.6. The van der Waals surface area contributed by atoms with Gasteiger partial charge in [-0.1, -0.05) is 24.3 Å². The van der Waals surface area contributed by atoms with Gasteiger partial charge in [0.15, 0.2) is 0 Å². The number of thioether (sulfide) groups is 1. The number of imide groups is 1. The molecule has 0 atom stereocenters. The predicted molar refractivity (Wildman–Crippen MR) is 102 cm³/mol. The topological polar surface area (TPSA) is 72.9 Å². The van der Waals surface area contributed by atoms with Gasteiger partial charge in [-0.05, 0) is 53.2 Å². The van der Waals surface area contributed by atoms with E-state index in [1.54, 1.807) is 42.5 Å². The van der Waals surface area contributed by atoms with Gasteiger partial charge in [-0.25, -0.2) is 4.39 Å². The number of nitrogens with zero attached hydrogens (tertiary/aromatic N) is 1. The lowest BCUT2D eigenvalue weighted by Crippen LogP contribution is -2.34. The van der Waals surface area contributed by atoms with Crippen LogP contribution in [-0.2, 0) is 20.9 Å². The third kappa shape index (κ3) is 4.77. The van der Waals surface area contributed by atoms with Crippen LogP contribution in [0.2, 0.25) is 0 Å². The minimum atomic E-state index is -0.661. The second kappa shape index (κ2) is 8.71. The largest absolute Gasteiger partial charge is 0.489 e. The molecular formula is C20H16FNO5S. The van der Waals surface area contributed by atoms with Crippen LogP contribution in [0.15, 0.2) is 53.4 Å². The monoisotopic (exact) mass is 401 g/mol. The summed E-state index contributed by atoms with van der Waals surface area (Å²) in [6.07, 6.45) is 1.58. The number of benzene rings is 2. The number of carbonyl (C=O) groups excluding carboxylic acids is 3. The zero-order valence-electron chi connectivity index (χ0n) is 14.9. The Labute approximate surface area is 164 Å². The van der Waals surface area contributed by atoms with Crippen molar-refractivity contribution in [1.82, 2.24) is 4.90 Å². The Balaban J connectivity index is 1.63. The van der Waals surface area contributed by atoms with Crippen molar-refractivity contribution in [2.24, 2.45) is 0 Å². The summed E-state index contributed by atoms with van der Waals surface area (Å²) in [5, 5.41) is -0.513. The number of hydrogen-bond donors (Lipinski definition) is 0. The van der Waals surface area contributed by atoms with Gasteiger partial charge >= 0.3 is 5.97 Å². The molecule has 144 valence electrons. The molecule has 0 radical (unpaired) electrons. The van der Waals surface area contributed by atoms with Crippen molar-refractivity contribution < 1.29 is 28.2 Å². The standard InChI is InChI=1S/C20H16FNO5S/c1-26-18(23)11-22-19(24)17(28-20(22)25)10-13-4-8-16(9-5-13)27-12-14-2-6-15(21)7-3-14/h2-10H,11-12H2,1H3/b17-10-. The van der Waals surface area contributed by atoms with Crippen LogP contribution in [0.4, 0.5) is 9.18 Å². The Kier molecular flexibility index (Phi) is 6.10. The minimum absolute atomic E-state index is 0.230. The first-order valence-corrected chi connectivity index (χ1v) is 9.07. The van der Waals surface area contributed by atoms with E-state index in [2.05, 4.69) is 4.74 Å². The maximum Gasteiger partial charge on any atom is 0.325 e. The Hall–Kier alpha value is -3.13. The maximum atomic E-state index is 12.9. The van der Waals surface area contributed by atoms with Gasteiger partial charge < -0.3 is 9.47 Å². The summed E-state index contributed by atoms with van der Waals surface area (Å²) in [4.78, 5) is 36.6. The van der Waals surface area contributed by atoms with E-state index in [9.17, 15) is 18.8 Å². The van der Waals surface area contributed by atoms with Crippen LogP contribution in [0.3, 0.4) is 0 Å². The molecule has 0 N–H and O–H groups in total. The SMILES string of the molecule is COC(=O)CN1C(=O)S/C(=C\c2ccc(OCc3ccc(F)cc3)cc2)C1=O. The van der Waals surface area contributed by atoms with Gasteiger partial charge in [-0.15, -0.1) is 0 Å². The molecule has 0 saturated carbocycles. The molecule has 1 heterocycles. The van der Waals surface area contributed by atoms with E-state index in [1.807, 2.05) is 0 Å². The smallest absolute Gasteiger partial charge is 0.325 e.